The summed E-state index contributed by atoms with van der Waals surface area (Å²) >= 11 is 0. The molecule has 1 aromatic carbocycles. The maximum Gasteiger partial charge on any atom is 0.229 e. The molecule has 0 fully saturated rings. The summed E-state index contributed by atoms with van der Waals surface area (Å²) in [4.78, 5) is 10.8. The Morgan fingerprint density at radius 1 is 1.29 bits per heavy atom. The van der Waals surface area contributed by atoms with Gasteiger partial charge in [0.25, 0.3) is 0 Å². The van der Waals surface area contributed by atoms with E-state index in [1.165, 1.54) is 6.07 Å². The molecular formula is C16H19FN4. The highest BCUT2D eigenvalue weighted by atomic mass is 19.1. The zero-order chi connectivity index (χ0) is 14.8. The third kappa shape index (κ3) is 3.03. The molecule has 2 heterocycles. The number of benzene rings is 1. The fraction of sp³-hybridized carbons (Fsp3) is 0.375. The second-order valence-corrected chi connectivity index (χ2v) is 5.60. The van der Waals surface area contributed by atoms with Crippen LogP contribution in [0.2, 0.25) is 0 Å². The third-order valence-corrected chi connectivity index (χ3v) is 3.59. The number of fused-ring (bicyclic) bond motifs is 1. The van der Waals surface area contributed by atoms with E-state index >= 15 is 0 Å². The Labute approximate surface area is 124 Å². The largest absolute Gasteiger partial charge is 0.310 e. The van der Waals surface area contributed by atoms with Crippen LogP contribution in [0.3, 0.4) is 0 Å². The van der Waals surface area contributed by atoms with E-state index in [4.69, 9.17) is 0 Å². The lowest BCUT2D eigenvalue weighted by molar-refractivity contribution is 0.587. The first-order valence-corrected chi connectivity index (χ1v) is 7.24. The fourth-order valence-electron chi connectivity index (χ4n) is 2.46. The number of halogens is 1. The Morgan fingerprint density at radius 2 is 2.05 bits per heavy atom. The van der Waals surface area contributed by atoms with Crippen molar-refractivity contribution in [1.82, 2.24) is 15.3 Å². The predicted octanol–water partition coefficient (Wildman–Crippen LogP) is 2.81. The van der Waals surface area contributed by atoms with E-state index < -0.39 is 0 Å². The van der Waals surface area contributed by atoms with Gasteiger partial charge in [0.15, 0.2) is 0 Å². The van der Waals surface area contributed by atoms with Gasteiger partial charge in [0.1, 0.15) is 5.82 Å². The number of nitrogens with zero attached hydrogens (tertiary/aromatic N) is 3. The molecule has 0 unspecified atom stereocenters. The molecule has 1 aliphatic rings. The molecular weight excluding hydrogens is 267 g/mol. The molecule has 1 N–H and O–H groups in total. The number of nitrogens with one attached hydrogen (secondary N) is 1. The van der Waals surface area contributed by atoms with E-state index in [2.05, 4.69) is 29.1 Å². The zero-order valence-electron chi connectivity index (χ0n) is 12.3. The molecule has 4 nitrogen and oxygen atoms in total. The van der Waals surface area contributed by atoms with Crippen LogP contribution in [-0.2, 0) is 13.0 Å². The van der Waals surface area contributed by atoms with Crippen LogP contribution < -0.4 is 10.2 Å². The highest BCUT2D eigenvalue weighted by molar-refractivity contribution is 5.65. The molecule has 1 aliphatic heterocycles. The maximum absolute atomic E-state index is 13.4. The molecule has 0 amide bonds. The van der Waals surface area contributed by atoms with Gasteiger partial charge >= 0.3 is 0 Å². The molecule has 0 atom stereocenters. The van der Waals surface area contributed by atoms with E-state index in [0.29, 0.717) is 12.0 Å². The van der Waals surface area contributed by atoms with Crippen LogP contribution >= 0.6 is 0 Å². The van der Waals surface area contributed by atoms with Crippen molar-refractivity contribution < 1.29 is 4.39 Å². The molecule has 110 valence electrons. The average molecular weight is 286 g/mol. The van der Waals surface area contributed by atoms with E-state index in [0.717, 1.165) is 36.3 Å². The summed E-state index contributed by atoms with van der Waals surface area (Å²) < 4.78 is 13.4. The van der Waals surface area contributed by atoms with Crippen molar-refractivity contribution in [2.45, 2.75) is 32.9 Å². The van der Waals surface area contributed by atoms with Gasteiger partial charge in [-0.1, -0.05) is 19.9 Å². The highest BCUT2D eigenvalue weighted by Gasteiger charge is 2.22. The van der Waals surface area contributed by atoms with Gasteiger partial charge in [-0.3, -0.25) is 0 Å². The Bertz CT molecular complexity index is 625. The van der Waals surface area contributed by atoms with Gasteiger partial charge in [-0.05, 0) is 24.1 Å². The summed E-state index contributed by atoms with van der Waals surface area (Å²) in [6.45, 7) is 5.75. The first-order chi connectivity index (χ1) is 10.1. The molecule has 0 bridgehead atoms. The van der Waals surface area contributed by atoms with Crippen molar-refractivity contribution >= 4 is 11.6 Å². The van der Waals surface area contributed by atoms with Crippen molar-refractivity contribution in [2.24, 2.45) is 0 Å². The lowest BCUT2D eigenvalue weighted by Gasteiger charge is -2.17. The highest BCUT2D eigenvalue weighted by Crippen LogP contribution is 2.32. The van der Waals surface area contributed by atoms with Crippen LogP contribution in [0.15, 0.2) is 30.6 Å². The molecule has 0 saturated heterocycles. The Balaban J connectivity index is 1.78. The SMILES string of the molecule is CC(C)NCc1cnc(N2CCc3ccc(F)cc32)nc1. The van der Waals surface area contributed by atoms with Gasteiger partial charge in [0.2, 0.25) is 5.95 Å². The van der Waals surface area contributed by atoms with Gasteiger partial charge in [-0.15, -0.1) is 0 Å². The van der Waals surface area contributed by atoms with Crippen LogP contribution in [0.25, 0.3) is 0 Å². The lowest BCUT2D eigenvalue weighted by atomic mass is 10.2. The minimum atomic E-state index is -0.224. The van der Waals surface area contributed by atoms with Gasteiger partial charge < -0.3 is 10.2 Å². The predicted molar refractivity (Wildman–Crippen MR) is 81.1 cm³/mol. The summed E-state index contributed by atoms with van der Waals surface area (Å²) in [6, 6.07) is 5.33. The zero-order valence-corrected chi connectivity index (χ0v) is 12.3. The standard InChI is InChI=1S/C16H19FN4/c1-11(2)18-8-12-9-19-16(20-10-12)21-6-5-13-3-4-14(17)7-15(13)21/h3-4,7,9-11,18H,5-6,8H2,1-2H3. The quantitative estimate of drug-likeness (QED) is 0.938. The Kier molecular flexibility index (Phi) is 3.84. The fourth-order valence-corrected chi connectivity index (χ4v) is 2.46. The Morgan fingerprint density at radius 3 is 2.76 bits per heavy atom. The average Bonchev–Trinajstić information content (AvgIpc) is 2.88. The topological polar surface area (TPSA) is 41.1 Å². The molecule has 21 heavy (non-hydrogen) atoms. The number of hydrogen-bond donors (Lipinski definition) is 1. The number of aromatic nitrogens is 2. The van der Waals surface area contributed by atoms with E-state index in [1.54, 1.807) is 6.07 Å². The molecule has 0 aliphatic carbocycles. The summed E-state index contributed by atoms with van der Waals surface area (Å²) in [5.41, 5.74) is 3.07. The van der Waals surface area contributed by atoms with Crippen LogP contribution in [0.1, 0.15) is 25.0 Å². The van der Waals surface area contributed by atoms with Crippen LogP contribution in [0.5, 0.6) is 0 Å². The number of rotatable bonds is 4. The third-order valence-electron chi connectivity index (χ3n) is 3.59. The smallest absolute Gasteiger partial charge is 0.229 e. The monoisotopic (exact) mass is 286 g/mol. The van der Waals surface area contributed by atoms with E-state index in [9.17, 15) is 4.39 Å². The second kappa shape index (κ2) is 5.77. The van der Waals surface area contributed by atoms with E-state index in [1.807, 2.05) is 23.4 Å². The molecule has 3 rings (SSSR count). The molecule has 0 radical (unpaired) electrons. The number of anilines is 2. The molecule has 1 aromatic heterocycles. The van der Waals surface area contributed by atoms with Gasteiger partial charge in [-0.2, -0.15) is 0 Å². The molecule has 5 heteroatoms. The normalized spacial score (nSPS) is 13.8. The van der Waals surface area contributed by atoms with Crippen LogP contribution in [-0.4, -0.2) is 22.6 Å². The molecule has 0 saturated carbocycles. The minimum Gasteiger partial charge on any atom is -0.310 e. The van der Waals surface area contributed by atoms with Crippen LogP contribution in [0, 0.1) is 5.82 Å². The van der Waals surface area contributed by atoms with Crippen molar-refractivity contribution in [3.05, 3.63) is 47.5 Å². The van der Waals surface area contributed by atoms with Crippen molar-refractivity contribution in [2.75, 3.05) is 11.4 Å². The minimum absolute atomic E-state index is 0.224. The van der Waals surface area contributed by atoms with Gasteiger partial charge in [0, 0.05) is 37.1 Å². The second-order valence-electron chi connectivity index (χ2n) is 5.60. The van der Waals surface area contributed by atoms with Gasteiger partial charge in [-0.25, -0.2) is 14.4 Å². The number of hydrogen-bond acceptors (Lipinski definition) is 4. The van der Waals surface area contributed by atoms with Crippen molar-refractivity contribution in [1.29, 1.82) is 0 Å². The first-order valence-electron chi connectivity index (χ1n) is 7.24. The van der Waals surface area contributed by atoms with Crippen LogP contribution in [0.4, 0.5) is 16.0 Å². The summed E-state index contributed by atoms with van der Waals surface area (Å²) in [6.07, 6.45) is 4.56. The van der Waals surface area contributed by atoms with Crippen molar-refractivity contribution in [3.8, 4) is 0 Å². The molecule has 2 aromatic rings. The summed E-state index contributed by atoms with van der Waals surface area (Å²) in [7, 11) is 0. The Hall–Kier alpha value is -2.01. The van der Waals surface area contributed by atoms with Gasteiger partial charge in [0.05, 0.1) is 5.69 Å². The van der Waals surface area contributed by atoms with Crippen molar-refractivity contribution in [3.63, 3.8) is 0 Å². The maximum atomic E-state index is 13.4. The van der Waals surface area contributed by atoms with E-state index in [-0.39, 0.29) is 5.82 Å². The molecule has 0 spiro atoms. The summed E-state index contributed by atoms with van der Waals surface area (Å²) in [5, 5.41) is 3.33. The summed E-state index contributed by atoms with van der Waals surface area (Å²) in [5.74, 6) is 0.408. The lowest BCUT2D eigenvalue weighted by Crippen LogP contribution is -2.22. The first kappa shape index (κ1) is 13.9.